The van der Waals surface area contributed by atoms with Gasteiger partial charge in [0.25, 0.3) is 0 Å². The lowest BCUT2D eigenvalue weighted by atomic mass is 10.0. The molecule has 30 heavy (non-hydrogen) atoms. The summed E-state index contributed by atoms with van der Waals surface area (Å²) in [5.74, 6) is -1.81. The van der Waals surface area contributed by atoms with Gasteiger partial charge in [-0.25, -0.2) is 18.7 Å². The molecule has 0 aliphatic carbocycles. The Morgan fingerprint density at radius 3 is 2.37 bits per heavy atom. The largest absolute Gasteiger partial charge is 0.493 e. The van der Waals surface area contributed by atoms with Gasteiger partial charge in [0.1, 0.15) is 22.8 Å². The van der Waals surface area contributed by atoms with Crippen LogP contribution in [-0.2, 0) is 9.47 Å². The van der Waals surface area contributed by atoms with Crippen LogP contribution in [0.25, 0.3) is 16.9 Å². The highest BCUT2D eigenvalue weighted by atomic mass is 19.1. The predicted octanol–water partition coefficient (Wildman–Crippen LogP) is 4.04. The number of methoxy groups -OCH3 is 2. The molecule has 0 unspecified atom stereocenters. The van der Waals surface area contributed by atoms with Crippen LogP contribution in [-0.4, -0.2) is 42.5 Å². The van der Waals surface area contributed by atoms with Crippen LogP contribution < -0.4 is 4.74 Å². The number of esters is 2. The first kappa shape index (κ1) is 21.0. The van der Waals surface area contributed by atoms with Crippen molar-refractivity contribution in [2.75, 3.05) is 20.8 Å². The van der Waals surface area contributed by atoms with E-state index in [1.807, 2.05) is 6.92 Å². The van der Waals surface area contributed by atoms with Crippen LogP contribution in [0.3, 0.4) is 0 Å². The Labute approximate surface area is 173 Å². The summed E-state index contributed by atoms with van der Waals surface area (Å²) in [7, 11) is 2.39. The molecule has 1 heterocycles. The van der Waals surface area contributed by atoms with Crippen LogP contribution in [0.4, 0.5) is 4.39 Å². The Morgan fingerprint density at radius 1 is 1.03 bits per heavy atom. The Hall–Kier alpha value is -3.68. The maximum Gasteiger partial charge on any atom is 0.357 e. The molecule has 0 saturated carbocycles. The van der Waals surface area contributed by atoms with Gasteiger partial charge in [-0.15, -0.1) is 0 Å². The summed E-state index contributed by atoms with van der Waals surface area (Å²) in [6.07, 6.45) is 0.729. The number of nitrogens with zero attached hydrogens (tertiary/aromatic N) is 2. The van der Waals surface area contributed by atoms with Crippen LogP contribution in [0.15, 0.2) is 48.5 Å². The van der Waals surface area contributed by atoms with Gasteiger partial charge in [-0.3, -0.25) is 0 Å². The fourth-order valence-electron chi connectivity index (χ4n) is 2.97. The topological polar surface area (TPSA) is 79.7 Å². The minimum absolute atomic E-state index is 0.0525. The molecule has 0 aliphatic heterocycles. The molecule has 7 nitrogen and oxygen atoms in total. The summed E-state index contributed by atoms with van der Waals surface area (Å²) in [5, 5.41) is 4.47. The van der Waals surface area contributed by atoms with Crippen molar-refractivity contribution in [1.29, 1.82) is 0 Å². The number of rotatable bonds is 7. The van der Waals surface area contributed by atoms with Crippen LogP contribution in [0.5, 0.6) is 5.75 Å². The van der Waals surface area contributed by atoms with Crippen molar-refractivity contribution in [1.82, 2.24) is 9.78 Å². The smallest absolute Gasteiger partial charge is 0.357 e. The van der Waals surface area contributed by atoms with Gasteiger partial charge >= 0.3 is 11.9 Å². The van der Waals surface area contributed by atoms with Crippen molar-refractivity contribution < 1.29 is 28.2 Å². The van der Waals surface area contributed by atoms with Crippen LogP contribution >= 0.6 is 0 Å². The van der Waals surface area contributed by atoms with E-state index >= 15 is 0 Å². The summed E-state index contributed by atoms with van der Waals surface area (Å²) in [6.45, 7) is 2.32. The first-order chi connectivity index (χ1) is 14.5. The first-order valence-corrected chi connectivity index (χ1v) is 9.29. The molecule has 0 saturated heterocycles. The molecule has 0 fully saturated rings. The molecule has 1 aromatic heterocycles. The van der Waals surface area contributed by atoms with Gasteiger partial charge in [-0.1, -0.05) is 25.1 Å². The third kappa shape index (κ3) is 4.03. The standard InChI is InChI=1S/C22H21FN2O5/c1-4-12-30-17-11-10-14(23)13-16(17)19-18(21(26)28-2)20(22(27)29-3)25(24-19)15-8-6-5-7-9-15/h5-11,13H,4,12H2,1-3H3. The maximum absolute atomic E-state index is 14.1. The number of para-hydroxylation sites is 1. The number of halogens is 1. The molecular weight excluding hydrogens is 391 g/mol. The number of carbonyl (C=O) groups excluding carboxylic acids is 2. The monoisotopic (exact) mass is 412 g/mol. The average molecular weight is 412 g/mol. The van der Waals surface area contributed by atoms with E-state index in [4.69, 9.17) is 14.2 Å². The zero-order chi connectivity index (χ0) is 21.7. The van der Waals surface area contributed by atoms with Crippen molar-refractivity contribution in [2.24, 2.45) is 0 Å². The Kier molecular flexibility index (Phi) is 6.46. The zero-order valence-electron chi connectivity index (χ0n) is 16.8. The van der Waals surface area contributed by atoms with Crippen molar-refractivity contribution in [2.45, 2.75) is 13.3 Å². The SMILES string of the molecule is CCCOc1ccc(F)cc1-c1nn(-c2ccccc2)c(C(=O)OC)c1C(=O)OC. The summed E-state index contributed by atoms with van der Waals surface area (Å²) in [5.41, 5.74) is 0.526. The number of benzene rings is 2. The number of aromatic nitrogens is 2. The molecule has 3 rings (SSSR count). The molecular formula is C22H21FN2O5. The molecule has 156 valence electrons. The van der Waals surface area contributed by atoms with Gasteiger partial charge in [0.15, 0.2) is 5.69 Å². The molecule has 0 radical (unpaired) electrons. The van der Waals surface area contributed by atoms with E-state index in [1.165, 1.54) is 37.1 Å². The highest BCUT2D eigenvalue weighted by molar-refractivity contribution is 6.07. The Morgan fingerprint density at radius 2 is 1.73 bits per heavy atom. The zero-order valence-corrected chi connectivity index (χ0v) is 16.8. The fraction of sp³-hybridized carbons (Fsp3) is 0.227. The normalized spacial score (nSPS) is 10.5. The summed E-state index contributed by atoms with van der Waals surface area (Å²) < 4.78 is 30.9. The van der Waals surface area contributed by atoms with E-state index in [0.29, 0.717) is 18.0 Å². The first-order valence-electron chi connectivity index (χ1n) is 9.29. The molecule has 0 spiro atoms. The minimum Gasteiger partial charge on any atom is -0.493 e. The van der Waals surface area contributed by atoms with Gasteiger partial charge in [-0.2, -0.15) is 5.10 Å². The second-order valence-corrected chi connectivity index (χ2v) is 6.29. The maximum atomic E-state index is 14.1. The highest BCUT2D eigenvalue weighted by Crippen LogP contribution is 2.35. The van der Waals surface area contributed by atoms with Crippen molar-refractivity contribution in [3.8, 4) is 22.7 Å². The average Bonchev–Trinajstić information content (AvgIpc) is 3.18. The molecule has 0 aliphatic rings. The Balaban J connectivity index is 2.35. The number of hydrogen-bond donors (Lipinski definition) is 0. The summed E-state index contributed by atoms with van der Waals surface area (Å²) >= 11 is 0. The van der Waals surface area contributed by atoms with E-state index in [0.717, 1.165) is 6.42 Å². The molecule has 3 aromatic rings. The van der Waals surface area contributed by atoms with Crippen molar-refractivity contribution in [3.63, 3.8) is 0 Å². The number of carbonyl (C=O) groups is 2. The molecule has 0 N–H and O–H groups in total. The van der Waals surface area contributed by atoms with Gasteiger partial charge in [0.05, 0.1) is 26.5 Å². The second-order valence-electron chi connectivity index (χ2n) is 6.29. The van der Waals surface area contributed by atoms with Crippen molar-refractivity contribution in [3.05, 3.63) is 65.6 Å². The van der Waals surface area contributed by atoms with Crippen molar-refractivity contribution >= 4 is 11.9 Å². The van der Waals surface area contributed by atoms with E-state index < -0.39 is 17.8 Å². The minimum atomic E-state index is -0.807. The third-order valence-electron chi connectivity index (χ3n) is 4.31. The van der Waals surface area contributed by atoms with Crippen LogP contribution in [0.2, 0.25) is 0 Å². The lowest BCUT2D eigenvalue weighted by Crippen LogP contribution is -2.15. The molecule has 2 aromatic carbocycles. The fourth-order valence-corrected chi connectivity index (χ4v) is 2.97. The van der Waals surface area contributed by atoms with E-state index in [9.17, 15) is 14.0 Å². The quantitative estimate of drug-likeness (QED) is 0.545. The van der Waals surface area contributed by atoms with E-state index in [-0.39, 0.29) is 22.5 Å². The number of ether oxygens (including phenoxy) is 3. The van der Waals surface area contributed by atoms with Gasteiger partial charge in [0.2, 0.25) is 0 Å². The van der Waals surface area contributed by atoms with Gasteiger partial charge < -0.3 is 14.2 Å². The lowest BCUT2D eigenvalue weighted by Gasteiger charge is -2.10. The summed E-state index contributed by atoms with van der Waals surface area (Å²) in [6, 6.07) is 12.7. The third-order valence-corrected chi connectivity index (χ3v) is 4.31. The van der Waals surface area contributed by atoms with Gasteiger partial charge in [0, 0.05) is 5.56 Å². The van der Waals surface area contributed by atoms with Gasteiger partial charge in [-0.05, 0) is 36.8 Å². The Bertz CT molecular complexity index is 1060. The van der Waals surface area contributed by atoms with Crippen LogP contribution in [0, 0.1) is 5.82 Å². The van der Waals surface area contributed by atoms with Crippen LogP contribution in [0.1, 0.15) is 34.2 Å². The predicted molar refractivity (Wildman–Crippen MR) is 107 cm³/mol. The molecule has 0 atom stereocenters. The summed E-state index contributed by atoms with van der Waals surface area (Å²) in [4.78, 5) is 25.3. The molecule has 0 bridgehead atoms. The highest BCUT2D eigenvalue weighted by Gasteiger charge is 2.32. The van der Waals surface area contributed by atoms with E-state index in [2.05, 4.69) is 5.10 Å². The lowest BCUT2D eigenvalue weighted by molar-refractivity contribution is 0.0549. The van der Waals surface area contributed by atoms with E-state index in [1.54, 1.807) is 30.3 Å². The molecule has 0 amide bonds. The second kappa shape index (κ2) is 9.21. The molecule has 8 heteroatoms. The number of hydrogen-bond acceptors (Lipinski definition) is 6.